The standard InChI is InChI=1S/C9H15NOS/c1-8-3-5-11-9(8)7-12-6-2-4-10/h3,5H,2,4,6-7,10H2,1H3. The van der Waals surface area contributed by atoms with Crippen LogP contribution in [0.2, 0.25) is 0 Å². The van der Waals surface area contributed by atoms with Crippen LogP contribution in [0.1, 0.15) is 17.7 Å². The van der Waals surface area contributed by atoms with E-state index in [1.807, 2.05) is 17.8 Å². The van der Waals surface area contributed by atoms with E-state index in [1.54, 1.807) is 6.26 Å². The Kier molecular flexibility index (Phi) is 4.25. The van der Waals surface area contributed by atoms with Gasteiger partial charge in [-0.3, -0.25) is 0 Å². The number of aryl methyl sites for hydroxylation is 1. The van der Waals surface area contributed by atoms with Gasteiger partial charge in [-0.05, 0) is 37.3 Å². The highest BCUT2D eigenvalue weighted by Crippen LogP contribution is 2.16. The fraction of sp³-hybridized carbons (Fsp3) is 0.556. The predicted octanol–water partition coefficient (Wildman–Crippen LogP) is 2.17. The fourth-order valence-electron chi connectivity index (χ4n) is 0.902. The Labute approximate surface area is 77.5 Å². The second kappa shape index (κ2) is 5.27. The van der Waals surface area contributed by atoms with Crippen LogP contribution in [0.5, 0.6) is 0 Å². The van der Waals surface area contributed by atoms with Crippen molar-refractivity contribution in [2.24, 2.45) is 5.73 Å². The van der Waals surface area contributed by atoms with Crippen molar-refractivity contribution in [3.63, 3.8) is 0 Å². The van der Waals surface area contributed by atoms with Crippen LogP contribution in [-0.2, 0) is 5.75 Å². The average Bonchev–Trinajstić information content (AvgIpc) is 2.46. The van der Waals surface area contributed by atoms with E-state index in [0.717, 1.165) is 30.2 Å². The molecular weight excluding hydrogens is 170 g/mol. The third-order valence-corrected chi connectivity index (χ3v) is 2.74. The first-order chi connectivity index (χ1) is 5.84. The molecule has 68 valence electrons. The molecule has 0 saturated carbocycles. The van der Waals surface area contributed by atoms with Crippen LogP contribution in [-0.4, -0.2) is 12.3 Å². The van der Waals surface area contributed by atoms with Crippen molar-refractivity contribution in [1.82, 2.24) is 0 Å². The monoisotopic (exact) mass is 185 g/mol. The summed E-state index contributed by atoms with van der Waals surface area (Å²) in [4.78, 5) is 0. The Hall–Kier alpha value is -0.410. The molecule has 3 heteroatoms. The third kappa shape index (κ3) is 2.91. The minimum Gasteiger partial charge on any atom is -0.468 e. The molecular formula is C9H15NOS. The molecule has 0 saturated heterocycles. The van der Waals surface area contributed by atoms with E-state index in [2.05, 4.69) is 6.92 Å². The molecule has 1 rings (SSSR count). The van der Waals surface area contributed by atoms with Gasteiger partial charge in [-0.15, -0.1) is 0 Å². The number of hydrogen-bond donors (Lipinski definition) is 1. The van der Waals surface area contributed by atoms with Gasteiger partial charge in [-0.1, -0.05) is 0 Å². The van der Waals surface area contributed by atoms with E-state index in [4.69, 9.17) is 10.2 Å². The molecule has 2 nitrogen and oxygen atoms in total. The number of nitrogens with two attached hydrogens (primary N) is 1. The largest absolute Gasteiger partial charge is 0.468 e. The molecule has 0 fully saturated rings. The van der Waals surface area contributed by atoms with Crippen molar-refractivity contribution in [2.45, 2.75) is 19.1 Å². The quantitative estimate of drug-likeness (QED) is 0.714. The Morgan fingerprint density at radius 3 is 3.00 bits per heavy atom. The van der Waals surface area contributed by atoms with E-state index in [1.165, 1.54) is 5.56 Å². The number of hydrogen-bond acceptors (Lipinski definition) is 3. The van der Waals surface area contributed by atoms with Gasteiger partial charge in [0.25, 0.3) is 0 Å². The molecule has 0 unspecified atom stereocenters. The molecule has 0 aliphatic carbocycles. The molecule has 0 atom stereocenters. The lowest BCUT2D eigenvalue weighted by Gasteiger charge is -1.98. The van der Waals surface area contributed by atoms with Crippen molar-refractivity contribution in [3.8, 4) is 0 Å². The van der Waals surface area contributed by atoms with Crippen molar-refractivity contribution in [3.05, 3.63) is 23.7 Å². The summed E-state index contributed by atoms with van der Waals surface area (Å²) in [5.41, 5.74) is 6.63. The van der Waals surface area contributed by atoms with Gasteiger partial charge in [-0.2, -0.15) is 11.8 Å². The first-order valence-corrected chi connectivity index (χ1v) is 5.31. The van der Waals surface area contributed by atoms with E-state index in [9.17, 15) is 0 Å². The molecule has 2 N–H and O–H groups in total. The average molecular weight is 185 g/mol. The van der Waals surface area contributed by atoms with Crippen LogP contribution in [0.3, 0.4) is 0 Å². The summed E-state index contributed by atoms with van der Waals surface area (Å²) in [6.07, 6.45) is 2.83. The van der Waals surface area contributed by atoms with Crippen LogP contribution in [0.25, 0.3) is 0 Å². The fourth-order valence-corrected chi connectivity index (χ4v) is 1.90. The van der Waals surface area contributed by atoms with Crippen LogP contribution in [0.15, 0.2) is 16.7 Å². The summed E-state index contributed by atoms with van der Waals surface area (Å²) in [5, 5.41) is 0. The molecule has 0 amide bonds. The Morgan fingerprint density at radius 2 is 2.42 bits per heavy atom. The van der Waals surface area contributed by atoms with Gasteiger partial charge in [0, 0.05) is 0 Å². The smallest absolute Gasteiger partial charge is 0.116 e. The topological polar surface area (TPSA) is 39.2 Å². The van der Waals surface area contributed by atoms with Crippen molar-refractivity contribution in [1.29, 1.82) is 0 Å². The maximum Gasteiger partial charge on any atom is 0.116 e. The summed E-state index contributed by atoms with van der Waals surface area (Å²) < 4.78 is 5.29. The second-order valence-corrected chi connectivity index (χ2v) is 3.83. The van der Waals surface area contributed by atoms with E-state index in [0.29, 0.717) is 0 Å². The molecule has 1 aromatic rings. The molecule has 0 radical (unpaired) electrons. The van der Waals surface area contributed by atoms with E-state index >= 15 is 0 Å². The Balaban J connectivity index is 2.20. The van der Waals surface area contributed by atoms with Crippen LogP contribution in [0.4, 0.5) is 0 Å². The number of furan rings is 1. The summed E-state index contributed by atoms with van der Waals surface area (Å²) in [5.74, 6) is 3.19. The zero-order chi connectivity index (χ0) is 8.81. The highest BCUT2D eigenvalue weighted by atomic mass is 32.2. The van der Waals surface area contributed by atoms with Gasteiger partial charge in [0.05, 0.1) is 12.0 Å². The highest BCUT2D eigenvalue weighted by molar-refractivity contribution is 7.98. The van der Waals surface area contributed by atoms with Gasteiger partial charge >= 0.3 is 0 Å². The van der Waals surface area contributed by atoms with Gasteiger partial charge in [-0.25, -0.2) is 0 Å². The van der Waals surface area contributed by atoms with Crippen LogP contribution in [0, 0.1) is 6.92 Å². The maximum atomic E-state index is 5.38. The molecule has 1 heterocycles. The first kappa shape index (κ1) is 9.68. The zero-order valence-electron chi connectivity index (χ0n) is 7.38. The third-order valence-electron chi connectivity index (χ3n) is 1.69. The Bertz CT molecular complexity index is 222. The Morgan fingerprint density at radius 1 is 1.58 bits per heavy atom. The predicted molar refractivity (Wildman–Crippen MR) is 53.3 cm³/mol. The van der Waals surface area contributed by atoms with Crippen molar-refractivity contribution < 1.29 is 4.42 Å². The normalized spacial score (nSPS) is 10.5. The molecule has 1 aromatic heterocycles. The number of thioether (sulfide) groups is 1. The van der Waals surface area contributed by atoms with Crippen LogP contribution >= 0.6 is 11.8 Å². The first-order valence-electron chi connectivity index (χ1n) is 4.15. The number of rotatable bonds is 5. The molecule has 0 bridgehead atoms. The van der Waals surface area contributed by atoms with Gasteiger partial charge in [0.15, 0.2) is 0 Å². The maximum absolute atomic E-state index is 5.38. The van der Waals surface area contributed by atoms with Crippen molar-refractivity contribution >= 4 is 11.8 Å². The molecule has 0 spiro atoms. The highest BCUT2D eigenvalue weighted by Gasteiger charge is 2.00. The molecule has 0 aliphatic heterocycles. The summed E-state index contributed by atoms with van der Waals surface area (Å²) in [6.45, 7) is 2.85. The van der Waals surface area contributed by atoms with Gasteiger partial charge in [0.1, 0.15) is 5.76 Å². The summed E-state index contributed by atoms with van der Waals surface area (Å²) in [6, 6.07) is 2.00. The zero-order valence-corrected chi connectivity index (χ0v) is 8.19. The summed E-state index contributed by atoms with van der Waals surface area (Å²) in [7, 11) is 0. The minimum atomic E-state index is 0.782. The van der Waals surface area contributed by atoms with Gasteiger partial charge in [0.2, 0.25) is 0 Å². The molecule has 0 aliphatic rings. The lowest BCUT2D eigenvalue weighted by atomic mass is 10.3. The second-order valence-electron chi connectivity index (χ2n) is 2.72. The van der Waals surface area contributed by atoms with Gasteiger partial charge < -0.3 is 10.2 Å². The summed E-state index contributed by atoms with van der Waals surface area (Å²) >= 11 is 1.88. The van der Waals surface area contributed by atoms with E-state index in [-0.39, 0.29) is 0 Å². The minimum absolute atomic E-state index is 0.782. The molecule has 0 aromatic carbocycles. The van der Waals surface area contributed by atoms with Crippen LogP contribution < -0.4 is 5.73 Å². The molecule has 12 heavy (non-hydrogen) atoms. The SMILES string of the molecule is Cc1ccoc1CSCCCN. The lowest BCUT2D eigenvalue weighted by Crippen LogP contribution is -1.99. The van der Waals surface area contributed by atoms with E-state index < -0.39 is 0 Å². The lowest BCUT2D eigenvalue weighted by molar-refractivity contribution is 0.528. The van der Waals surface area contributed by atoms with Crippen molar-refractivity contribution in [2.75, 3.05) is 12.3 Å².